The average Bonchev–Trinajstić information content (AvgIpc) is 2.61. The van der Waals surface area contributed by atoms with E-state index in [0.717, 1.165) is 13.0 Å². The van der Waals surface area contributed by atoms with Gasteiger partial charge in [-0.2, -0.15) is 0 Å². The molecule has 3 fully saturated rings. The minimum Gasteiger partial charge on any atom is -0.368 e. The van der Waals surface area contributed by atoms with Crippen molar-refractivity contribution in [2.24, 2.45) is 22.0 Å². The lowest BCUT2D eigenvalue weighted by atomic mass is 9.56. The Bertz CT molecular complexity index is 339. The van der Waals surface area contributed by atoms with Gasteiger partial charge in [0.1, 0.15) is 0 Å². The fraction of sp³-hybridized carbons (Fsp3) is 0.917. The maximum absolute atomic E-state index is 11.2. The van der Waals surface area contributed by atoms with Gasteiger partial charge < -0.3 is 11.1 Å². The Kier molecular flexibility index (Phi) is 1.54. The van der Waals surface area contributed by atoms with Crippen molar-refractivity contribution in [3.8, 4) is 0 Å². The number of hydrogen-bond donors (Lipinski definition) is 2. The van der Waals surface area contributed by atoms with E-state index in [4.69, 9.17) is 5.73 Å². The Labute approximate surface area is 90.8 Å². The third-order valence-corrected chi connectivity index (χ3v) is 5.63. The molecular formula is C12H20N2O. The maximum atomic E-state index is 11.2. The molecule has 2 saturated carbocycles. The standard InChI is InChI=1S/C12H20N2O/c1-10(2)3-4-12(10)6-11(12)5-8(9(13)15)14-7-11/h8,14H,3-7H2,1-2H3,(H2,13,15). The van der Waals surface area contributed by atoms with Crippen molar-refractivity contribution in [2.45, 2.75) is 45.6 Å². The van der Waals surface area contributed by atoms with Gasteiger partial charge in [0.25, 0.3) is 0 Å². The summed E-state index contributed by atoms with van der Waals surface area (Å²) >= 11 is 0. The number of hydrogen-bond acceptors (Lipinski definition) is 2. The SMILES string of the molecule is CC1(C)CCC12CC21CNC(C(N)=O)C1. The third kappa shape index (κ3) is 0.930. The molecule has 3 rings (SSSR count). The largest absolute Gasteiger partial charge is 0.368 e. The van der Waals surface area contributed by atoms with Gasteiger partial charge in [-0.05, 0) is 41.9 Å². The summed E-state index contributed by atoms with van der Waals surface area (Å²) in [5.41, 5.74) is 6.80. The first-order chi connectivity index (χ1) is 6.93. The topological polar surface area (TPSA) is 55.1 Å². The normalized spacial score (nSPS) is 50.7. The van der Waals surface area contributed by atoms with Gasteiger partial charge in [0.2, 0.25) is 5.91 Å². The van der Waals surface area contributed by atoms with E-state index in [2.05, 4.69) is 19.2 Å². The van der Waals surface area contributed by atoms with E-state index < -0.39 is 0 Å². The highest BCUT2D eigenvalue weighted by Crippen LogP contribution is 2.83. The van der Waals surface area contributed by atoms with Gasteiger partial charge in [-0.3, -0.25) is 4.79 Å². The average molecular weight is 208 g/mol. The molecule has 0 aromatic carbocycles. The monoisotopic (exact) mass is 208 g/mol. The van der Waals surface area contributed by atoms with Crippen LogP contribution in [-0.2, 0) is 4.79 Å². The zero-order chi connectivity index (χ0) is 10.9. The van der Waals surface area contributed by atoms with E-state index in [1.165, 1.54) is 19.3 Å². The van der Waals surface area contributed by atoms with Crippen molar-refractivity contribution in [2.75, 3.05) is 6.54 Å². The molecule has 3 atom stereocenters. The number of fused-ring (bicyclic) bond motifs is 1. The summed E-state index contributed by atoms with van der Waals surface area (Å²) in [5, 5.41) is 3.30. The molecule has 3 N–H and O–H groups in total. The van der Waals surface area contributed by atoms with Crippen LogP contribution in [0.15, 0.2) is 0 Å². The molecule has 3 unspecified atom stereocenters. The molecule has 0 radical (unpaired) electrons. The van der Waals surface area contributed by atoms with Crippen molar-refractivity contribution >= 4 is 5.91 Å². The highest BCUT2D eigenvalue weighted by atomic mass is 16.1. The Balaban J connectivity index is 1.79. The van der Waals surface area contributed by atoms with Crippen molar-refractivity contribution in [1.29, 1.82) is 0 Å². The number of nitrogens with two attached hydrogens (primary N) is 1. The van der Waals surface area contributed by atoms with Crippen LogP contribution < -0.4 is 11.1 Å². The predicted molar refractivity (Wildman–Crippen MR) is 58.1 cm³/mol. The number of rotatable bonds is 1. The molecule has 0 aromatic rings. The van der Waals surface area contributed by atoms with Gasteiger partial charge in [-0.15, -0.1) is 0 Å². The minimum absolute atomic E-state index is 0.0687. The van der Waals surface area contributed by atoms with E-state index in [-0.39, 0.29) is 11.9 Å². The summed E-state index contributed by atoms with van der Waals surface area (Å²) in [6.07, 6.45) is 4.98. The molecule has 3 nitrogen and oxygen atoms in total. The maximum Gasteiger partial charge on any atom is 0.234 e. The first kappa shape index (κ1) is 9.64. The summed E-state index contributed by atoms with van der Waals surface area (Å²) in [6, 6.07) is -0.0687. The fourth-order valence-corrected chi connectivity index (χ4v) is 4.32. The lowest BCUT2D eigenvalue weighted by Crippen LogP contribution is -2.41. The Hall–Kier alpha value is -0.570. The molecule has 15 heavy (non-hydrogen) atoms. The highest BCUT2D eigenvalue weighted by Gasteiger charge is 2.77. The molecular weight excluding hydrogens is 188 g/mol. The number of nitrogens with one attached hydrogen (secondary N) is 1. The van der Waals surface area contributed by atoms with Crippen molar-refractivity contribution in [3.05, 3.63) is 0 Å². The van der Waals surface area contributed by atoms with E-state index >= 15 is 0 Å². The first-order valence-corrected chi connectivity index (χ1v) is 5.95. The van der Waals surface area contributed by atoms with Crippen LogP contribution in [0.3, 0.4) is 0 Å². The zero-order valence-electron chi connectivity index (χ0n) is 9.60. The van der Waals surface area contributed by atoms with Crippen molar-refractivity contribution in [1.82, 2.24) is 5.32 Å². The van der Waals surface area contributed by atoms with Crippen LogP contribution in [0.5, 0.6) is 0 Å². The van der Waals surface area contributed by atoms with Gasteiger partial charge in [-0.25, -0.2) is 0 Å². The molecule has 0 aromatic heterocycles. The molecule has 2 aliphatic carbocycles. The molecule has 2 spiro atoms. The Morgan fingerprint density at radius 3 is 2.47 bits per heavy atom. The molecule has 1 heterocycles. The van der Waals surface area contributed by atoms with Crippen LogP contribution in [0.2, 0.25) is 0 Å². The first-order valence-electron chi connectivity index (χ1n) is 5.95. The highest BCUT2D eigenvalue weighted by molar-refractivity contribution is 5.80. The summed E-state index contributed by atoms with van der Waals surface area (Å²) in [6.45, 7) is 5.76. The molecule has 1 aliphatic heterocycles. The second-order valence-corrected chi connectivity index (χ2v) is 6.46. The molecule has 1 amide bonds. The van der Waals surface area contributed by atoms with Gasteiger partial charge in [0.15, 0.2) is 0 Å². The Morgan fingerprint density at radius 1 is 1.40 bits per heavy atom. The van der Waals surface area contributed by atoms with Crippen LogP contribution in [0.1, 0.15) is 39.5 Å². The second kappa shape index (κ2) is 2.40. The number of amides is 1. The summed E-state index contributed by atoms with van der Waals surface area (Å²) in [7, 11) is 0. The van der Waals surface area contributed by atoms with Crippen LogP contribution in [0.4, 0.5) is 0 Å². The minimum atomic E-state index is -0.175. The van der Waals surface area contributed by atoms with Gasteiger partial charge >= 0.3 is 0 Å². The van der Waals surface area contributed by atoms with E-state index in [1.807, 2.05) is 0 Å². The van der Waals surface area contributed by atoms with Gasteiger partial charge in [0, 0.05) is 6.54 Å². The summed E-state index contributed by atoms with van der Waals surface area (Å²) in [4.78, 5) is 11.2. The van der Waals surface area contributed by atoms with E-state index in [1.54, 1.807) is 0 Å². The van der Waals surface area contributed by atoms with Crippen molar-refractivity contribution in [3.63, 3.8) is 0 Å². The number of primary amides is 1. The summed E-state index contributed by atoms with van der Waals surface area (Å²) < 4.78 is 0. The second-order valence-electron chi connectivity index (χ2n) is 6.46. The van der Waals surface area contributed by atoms with Crippen LogP contribution >= 0.6 is 0 Å². The molecule has 0 bridgehead atoms. The van der Waals surface area contributed by atoms with E-state index in [0.29, 0.717) is 16.2 Å². The molecule has 3 aliphatic rings. The van der Waals surface area contributed by atoms with Crippen LogP contribution in [0, 0.1) is 16.2 Å². The predicted octanol–water partition coefficient (Wildman–Crippen LogP) is 1.03. The lowest BCUT2D eigenvalue weighted by molar-refractivity contribution is -0.119. The van der Waals surface area contributed by atoms with Crippen LogP contribution in [0.25, 0.3) is 0 Å². The van der Waals surface area contributed by atoms with Gasteiger partial charge in [-0.1, -0.05) is 13.8 Å². The van der Waals surface area contributed by atoms with Gasteiger partial charge in [0.05, 0.1) is 6.04 Å². The van der Waals surface area contributed by atoms with Crippen LogP contribution in [-0.4, -0.2) is 18.5 Å². The number of carbonyl (C=O) groups excluding carboxylic acids is 1. The molecule has 3 heteroatoms. The summed E-state index contributed by atoms with van der Waals surface area (Å²) in [5.74, 6) is -0.175. The van der Waals surface area contributed by atoms with E-state index in [9.17, 15) is 4.79 Å². The zero-order valence-corrected chi connectivity index (χ0v) is 9.60. The third-order valence-electron chi connectivity index (χ3n) is 5.63. The lowest BCUT2D eigenvalue weighted by Gasteiger charge is -2.49. The van der Waals surface area contributed by atoms with Crippen molar-refractivity contribution < 1.29 is 4.79 Å². The quantitative estimate of drug-likeness (QED) is 0.676. The molecule has 84 valence electrons. The fourth-order valence-electron chi connectivity index (χ4n) is 4.32. The Morgan fingerprint density at radius 2 is 2.13 bits per heavy atom. The molecule has 1 saturated heterocycles. The smallest absolute Gasteiger partial charge is 0.234 e. The number of carbonyl (C=O) groups is 1.